The van der Waals surface area contributed by atoms with E-state index < -0.39 is 17.3 Å². The predicted octanol–water partition coefficient (Wildman–Crippen LogP) is 2.18. The fourth-order valence-corrected chi connectivity index (χ4v) is 5.02. The molecule has 1 atom stereocenters. The molecule has 2 aliphatic heterocycles. The Morgan fingerprint density at radius 3 is 2.46 bits per heavy atom. The molecule has 5 rings (SSSR count). The van der Waals surface area contributed by atoms with Crippen LogP contribution in [0.25, 0.3) is 0 Å². The van der Waals surface area contributed by atoms with Gasteiger partial charge in [-0.1, -0.05) is 0 Å². The van der Waals surface area contributed by atoms with Crippen LogP contribution in [0.3, 0.4) is 0 Å². The summed E-state index contributed by atoms with van der Waals surface area (Å²) in [7, 11) is 0. The van der Waals surface area contributed by atoms with E-state index in [0.29, 0.717) is 57.4 Å². The van der Waals surface area contributed by atoms with Gasteiger partial charge in [-0.05, 0) is 37.2 Å². The Labute approximate surface area is 211 Å². The van der Waals surface area contributed by atoms with E-state index in [0.717, 1.165) is 6.20 Å². The topological polar surface area (TPSA) is 108 Å². The maximum atomic E-state index is 13.5. The van der Waals surface area contributed by atoms with Crippen LogP contribution >= 0.6 is 0 Å². The van der Waals surface area contributed by atoms with Crippen molar-refractivity contribution in [3.8, 4) is 0 Å². The first-order valence-corrected chi connectivity index (χ1v) is 12.6. The third-order valence-corrected chi connectivity index (χ3v) is 7.20. The van der Waals surface area contributed by atoms with Crippen LogP contribution in [-0.4, -0.2) is 83.0 Å². The van der Waals surface area contributed by atoms with E-state index in [4.69, 9.17) is 4.74 Å². The summed E-state index contributed by atoms with van der Waals surface area (Å²) >= 11 is 0. The summed E-state index contributed by atoms with van der Waals surface area (Å²) in [5.74, 6) is 1.27. The fraction of sp³-hybridized carbons (Fsp3) is 0.625. The molecule has 0 unspecified atom stereocenters. The number of amides is 1. The molecule has 0 bridgehead atoms. The summed E-state index contributed by atoms with van der Waals surface area (Å²) in [5, 5.41) is 5.43. The number of hydrogen-bond donors (Lipinski definition) is 1. The SMILES string of the molecule is O=C(CCOC[C@@H]1CCCN1c1cn[nH]c(=O)c1C(F)(F)F)N1CCN(c2ncc(C3CC3)cn2)CC1. The number of nitrogens with zero attached hydrogens (tertiary/aromatic N) is 6. The van der Waals surface area contributed by atoms with Crippen LogP contribution in [0.15, 0.2) is 23.4 Å². The molecule has 0 aromatic carbocycles. The first-order chi connectivity index (χ1) is 17.8. The number of rotatable bonds is 8. The lowest BCUT2D eigenvalue weighted by molar-refractivity contribution is -0.138. The molecule has 3 fully saturated rings. The van der Waals surface area contributed by atoms with Crippen molar-refractivity contribution in [2.75, 3.05) is 55.7 Å². The Kier molecular flexibility index (Phi) is 7.31. The molecule has 10 nitrogen and oxygen atoms in total. The molecule has 1 N–H and O–H groups in total. The van der Waals surface area contributed by atoms with E-state index in [1.807, 2.05) is 17.5 Å². The Balaban J connectivity index is 1.07. The number of halogens is 3. The third kappa shape index (κ3) is 5.86. The first kappa shape index (κ1) is 25.4. The molecule has 13 heteroatoms. The van der Waals surface area contributed by atoms with Gasteiger partial charge in [-0.3, -0.25) is 9.59 Å². The van der Waals surface area contributed by atoms with Gasteiger partial charge in [0.15, 0.2) is 0 Å². The zero-order valence-electron chi connectivity index (χ0n) is 20.4. The first-order valence-electron chi connectivity index (χ1n) is 12.6. The summed E-state index contributed by atoms with van der Waals surface area (Å²) in [4.78, 5) is 38.9. The molecule has 1 amide bonds. The minimum Gasteiger partial charge on any atom is -0.379 e. The second-order valence-electron chi connectivity index (χ2n) is 9.73. The van der Waals surface area contributed by atoms with Gasteiger partial charge in [0.05, 0.1) is 37.6 Å². The summed E-state index contributed by atoms with van der Waals surface area (Å²) in [6.07, 6.45) is 3.96. The molecule has 3 aliphatic rings. The fourth-order valence-electron chi connectivity index (χ4n) is 5.02. The molecule has 2 aromatic rings. The van der Waals surface area contributed by atoms with Gasteiger partial charge in [-0.15, -0.1) is 0 Å². The minimum absolute atomic E-state index is 0.0221. The number of carbonyl (C=O) groups excluding carboxylic acids is 1. The van der Waals surface area contributed by atoms with Crippen LogP contribution in [0.2, 0.25) is 0 Å². The number of piperazine rings is 1. The normalized spacial score (nSPS) is 20.5. The van der Waals surface area contributed by atoms with Crippen molar-refractivity contribution in [1.29, 1.82) is 0 Å². The average Bonchev–Trinajstić information content (AvgIpc) is 3.63. The quantitative estimate of drug-likeness (QED) is 0.527. The lowest BCUT2D eigenvalue weighted by Crippen LogP contribution is -2.49. The van der Waals surface area contributed by atoms with Crippen LogP contribution < -0.4 is 15.4 Å². The molecule has 37 heavy (non-hydrogen) atoms. The molecule has 1 saturated carbocycles. The number of H-pyrrole nitrogens is 1. The largest absolute Gasteiger partial charge is 0.423 e. The highest BCUT2D eigenvalue weighted by atomic mass is 19.4. The maximum absolute atomic E-state index is 13.5. The summed E-state index contributed by atoms with van der Waals surface area (Å²) < 4.78 is 46.1. The molecule has 200 valence electrons. The van der Waals surface area contributed by atoms with Crippen molar-refractivity contribution in [1.82, 2.24) is 25.1 Å². The van der Waals surface area contributed by atoms with Crippen molar-refractivity contribution in [3.05, 3.63) is 40.1 Å². The number of hydrogen-bond acceptors (Lipinski definition) is 8. The highest BCUT2D eigenvalue weighted by Crippen LogP contribution is 2.39. The van der Waals surface area contributed by atoms with Crippen molar-refractivity contribution in [3.63, 3.8) is 0 Å². The lowest BCUT2D eigenvalue weighted by atomic mass is 10.2. The van der Waals surface area contributed by atoms with Crippen LogP contribution in [0.4, 0.5) is 24.8 Å². The Hall–Kier alpha value is -3.22. The third-order valence-electron chi connectivity index (χ3n) is 7.20. The van der Waals surface area contributed by atoms with Crippen molar-refractivity contribution in [2.45, 2.75) is 50.2 Å². The molecule has 0 radical (unpaired) electrons. The number of nitrogens with one attached hydrogen (secondary N) is 1. The summed E-state index contributed by atoms with van der Waals surface area (Å²) in [6, 6.07) is -0.324. The smallest absolute Gasteiger partial charge is 0.379 e. The second-order valence-corrected chi connectivity index (χ2v) is 9.73. The van der Waals surface area contributed by atoms with Crippen molar-refractivity contribution < 1.29 is 22.7 Å². The van der Waals surface area contributed by atoms with E-state index in [2.05, 4.69) is 20.0 Å². The second kappa shape index (κ2) is 10.6. The van der Waals surface area contributed by atoms with Gasteiger partial charge in [-0.2, -0.15) is 18.3 Å². The van der Waals surface area contributed by atoms with Gasteiger partial charge < -0.3 is 19.4 Å². The van der Waals surface area contributed by atoms with Crippen molar-refractivity contribution in [2.24, 2.45) is 0 Å². The molecule has 2 aromatic heterocycles. The predicted molar refractivity (Wildman–Crippen MR) is 128 cm³/mol. The van der Waals surface area contributed by atoms with Gasteiger partial charge in [-0.25, -0.2) is 15.1 Å². The molecule has 1 aliphatic carbocycles. The Morgan fingerprint density at radius 1 is 1.05 bits per heavy atom. The number of alkyl halides is 3. The standard InChI is InChI=1S/C24H30F3N7O3/c25-24(26,27)21-19(14-30-31-22(21)36)34-6-1-2-18(34)15-37-11-5-20(35)32-7-9-33(10-8-32)23-28-12-17(13-29-23)16-3-4-16/h12-14,16,18H,1-11,15H2,(H,31,36)/t18-/m0/s1. The van der Waals surface area contributed by atoms with Gasteiger partial charge in [0.2, 0.25) is 11.9 Å². The summed E-state index contributed by atoms with van der Waals surface area (Å²) in [5.41, 5.74) is -1.55. The zero-order chi connectivity index (χ0) is 26.0. The molecular weight excluding hydrogens is 491 g/mol. The minimum atomic E-state index is -4.79. The van der Waals surface area contributed by atoms with Crippen LogP contribution in [-0.2, 0) is 15.7 Å². The van der Waals surface area contributed by atoms with E-state index in [9.17, 15) is 22.8 Å². The van der Waals surface area contributed by atoms with E-state index in [1.165, 1.54) is 23.3 Å². The number of carbonyl (C=O) groups is 1. The maximum Gasteiger partial charge on any atom is 0.423 e. The van der Waals surface area contributed by atoms with Gasteiger partial charge in [0.25, 0.3) is 5.56 Å². The van der Waals surface area contributed by atoms with Crippen LogP contribution in [0.1, 0.15) is 49.1 Å². The van der Waals surface area contributed by atoms with E-state index >= 15 is 0 Å². The number of anilines is 2. The molecule has 2 saturated heterocycles. The van der Waals surface area contributed by atoms with E-state index in [-0.39, 0.29) is 37.3 Å². The van der Waals surface area contributed by atoms with Crippen LogP contribution in [0.5, 0.6) is 0 Å². The van der Waals surface area contributed by atoms with Crippen LogP contribution in [0, 0.1) is 0 Å². The van der Waals surface area contributed by atoms with Crippen molar-refractivity contribution >= 4 is 17.5 Å². The molecule has 4 heterocycles. The molecular formula is C24H30F3N7O3. The highest BCUT2D eigenvalue weighted by molar-refractivity contribution is 5.76. The number of aromatic nitrogens is 4. The van der Waals surface area contributed by atoms with Gasteiger partial charge in [0.1, 0.15) is 5.56 Å². The van der Waals surface area contributed by atoms with E-state index in [1.54, 1.807) is 4.90 Å². The van der Waals surface area contributed by atoms with Gasteiger partial charge >= 0.3 is 6.18 Å². The Morgan fingerprint density at radius 2 is 1.78 bits per heavy atom. The summed E-state index contributed by atoms with van der Waals surface area (Å²) in [6.45, 7) is 3.15. The zero-order valence-corrected chi connectivity index (χ0v) is 20.4. The monoisotopic (exact) mass is 521 g/mol. The lowest BCUT2D eigenvalue weighted by Gasteiger charge is -2.34. The van der Waals surface area contributed by atoms with Gasteiger partial charge in [0, 0.05) is 45.1 Å². The number of ether oxygens (including phenoxy) is 1. The molecule has 0 spiro atoms. The average molecular weight is 522 g/mol. The number of aromatic amines is 1. The highest BCUT2D eigenvalue weighted by Gasteiger charge is 2.40. The Bertz CT molecular complexity index is 1150.